The zero-order chi connectivity index (χ0) is 22.8. The van der Waals surface area contributed by atoms with Gasteiger partial charge in [-0.1, -0.05) is 18.2 Å². The number of fused-ring (bicyclic) bond motifs is 1. The Hall–Kier alpha value is -4.07. The second-order valence-corrected chi connectivity index (χ2v) is 7.30. The maximum atomic E-state index is 13.4. The molecule has 0 aromatic heterocycles. The minimum atomic E-state index is -0.515. The highest BCUT2D eigenvalue weighted by atomic mass is 16.6. The average molecular weight is 434 g/mol. The number of hydrogen-bond acceptors (Lipinski definition) is 6. The van der Waals surface area contributed by atoms with E-state index >= 15 is 0 Å². The first kappa shape index (κ1) is 21.2. The van der Waals surface area contributed by atoms with Crippen molar-refractivity contribution in [3.05, 3.63) is 87.5 Å². The number of carbonyl (C=O) groups is 1. The quantitative estimate of drug-likeness (QED) is 0.424. The summed E-state index contributed by atoms with van der Waals surface area (Å²) in [5.74, 6) is 1.59. The molecule has 0 spiro atoms. The van der Waals surface area contributed by atoms with Crippen molar-refractivity contribution in [3.63, 3.8) is 0 Å². The lowest BCUT2D eigenvalue weighted by Gasteiger charge is -2.38. The monoisotopic (exact) mass is 434 g/mol. The van der Waals surface area contributed by atoms with Crippen LogP contribution in [0.2, 0.25) is 0 Å². The van der Waals surface area contributed by atoms with Gasteiger partial charge in [-0.25, -0.2) is 0 Å². The third kappa shape index (κ3) is 3.71. The standard InChI is InChI=1S/C24H22N2O6/c1-30-19-9-7-15(8-10-19)24-20-14-22(32-3)21(31-2)11-16(20)12-23(27)25(24)17-5-4-6-18(13-17)26(28)29/h4-11,13-14,24H,12H2,1-3H3/t24-/m0/s1. The summed E-state index contributed by atoms with van der Waals surface area (Å²) in [4.78, 5) is 25.8. The highest BCUT2D eigenvalue weighted by Crippen LogP contribution is 2.43. The molecule has 8 heteroatoms. The van der Waals surface area contributed by atoms with Crippen molar-refractivity contribution in [3.8, 4) is 17.2 Å². The molecule has 164 valence electrons. The molecule has 1 aliphatic heterocycles. The molecule has 32 heavy (non-hydrogen) atoms. The van der Waals surface area contributed by atoms with Crippen LogP contribution in [0.5, 0.6) is 17.2 Å². The van der Waals surface area contributed by atoms with Gasteiger partial charge in [0.1, 0.15) is 5.75 Å². The predicted octanol–water partition coefficient (Wildman–Crippen LogP) is 4.30. The number of ether oxygens (including phenoxy) is 3. The molecule has 0 radical (unpaired) electrons. The molecule has 1 aliphatic rings. The van der Waals surface area contributed by atoms with Gasteiger partial charge in [-0.3, -0.25) is 14.9 Å². The van der Waals surface area contributed by atoms with Gasteiger partial charge in [-0.05, 0) is 47.0 Å². The van der Waals surface area contributed by atoms with Crippen LogP contribution in [-0.4, -0.2) is 32.2 Å². The topological polar surface area (TPSA) is 91.1 Å². The SMILES string of the molecule is COc1ccc([C@H]2c3cc(OC)c(OC)cc3CC(=O)N2c2cccc([N+](=O)[O-])c2)cc1. The third-order valence-corrected chi connectivity index (χ3v) is 5.56. The Morgan fingerprint density at radius 3 is 2.25 bits per heavy atom. The van der Waals surface area contributed by atoms with Gasteiger partial charge in [-0.15, -0.1) is 0 Å². The minimum absolute atomic E-state index is 0.0816. The summed E-state index contributed by atoms with van der Waals surface area (Å²) >= 11 is 0. The number of nitro benzene ring substituents is 1. The van der Waals surface area contributed by atoms with E-state index in [9.17, 15) is 14.9 Å². The molecule has 0 bridgehead atoms. The van der Waals surface area contributed by atoms with Crippen LogP contribution < -0.4 is 19.1 Å². The highest BCUT2D eigenvalue weighted by Gasteiger charge is 2.36. The second-order valence-electron chi connectivity index (χ2n) is 7.30. The third-order valence-electron chi connectivity index (χ3n) is 5.56. The number of methoxy groups -OCH3 is 3. The van der Waals surface area contributed by atoms with Gasteiger partial charge in [0.15, 0.2) is 11.5 Å². The molecule has 0 saturated carbocycles. The first-order valence-electron chi connectivity index (χ1n) is 9.92. The van der Waals surface area contributed by atoms with Gasteiger partial charge in [0.25, 0.3) is 5.69 Å². The number of nitrogens with zero attached hydrogens (tertiary/aromatic N) is 2. The van der Waals surface area contributed by atoms with Gasteiger partial charge < -0.3 is 19.1 Å². The Balaban J connectivity index is 1.93. The van der Waals surface area contributed by atoms with E-state index in [1.807, 2.05) is 36.4 Å². The number of hydrogen-bond donors (Lipinski definition) is 0. The van der Waals surface area contributed by atoms with E-state index in [1.54, 1.807) is 38.4 Å². The van der Waals surface area contributed by atoms with E-state index in [0.29, 0.717) is 22.9 Å². The maximum Gasteiger partial charge on any atom is 0.271 e. The van der Waals surface area contributed by atoms with Gasteiger partial charge in [0, 0.05) is 12.1 Å². The molecule has 1 atom stereocenters. The number of rotatable bonds is 6. The summed E-state index contributed by atoms with van der Waals surface area (Å²) in [7, 11) is 4.69. The van der Waals surface area contributed by atoms with Crippen molar-refractivity contribution < 1.29 is 23.9 Å². The van der Waals surface area contributed by atoms with Crippen molar-refractivity contribution in [1.82, 2.24) is 0 Å². The molecule has 0 saturated heterocycles. The average Bonchev–Trinajstić information content (AvgIpc) is 2.82. The van der Waals surface area contributed by atoms with Crippen LogP contribution in [0.3, 0.4) is 0 Å². The van der Waals surface area contributed by atoms with Crippen molar-refractivity contribution >= 4 is 17.3 Å². The summed E-state index contributed by atoms with van der Waals surface area (Å²) in [6.07, 6.45) is 0.130. The largest absolute Gasteiger partial charge is 0.497 e. The molecular formula is C24H22N2O6. The van der Waals surface area contributed by atoms with Gasteiger partial charge >= 0.3 is 0 Å². The molecule has 1 heterocycles. The molecule has 0 fully saturated rings. The van der Waals surface area contributed by atoms with Crippen molar-refractivity contribution in [2.45, 2.75) is 12.5 Å². The molecule has 0 aliphatic carbocycles. The van der Waals surface area contributed by atoms with Crippen molar-refractivity contribution in [2.75, 3.05) is 26.2 Å². The fourth-order valence-electron chi connectivity index (χ4n) is 4.04. The lowest BCUT2D eigenvalue weighted by Crippen LogP contribution is -2.41. The van der Waals surface area contributed by atoms with Crippen LogP contribution in [0.4, 0.5) is 11.4 Å². The Morgan fingerprint density at radius 2 is 1.62 bits per heavy atom. The first-order valence-corrected chi connectivity index (χ1v) is 9.92. The molecule has 3 aromatic rings. The van der Waals surface area contributed by atoms with E-state index < -0.39 is 11.0 Å². The molecule has 0 unspecified atom stereocenters. The smallest absolute Gasteiger partial charge is 0.271 e. The lowest BCUT2D eigenvalue weighted by molar-refractivity contribution is -0.384. The number of nitro groups is 1. The van der Waals surface area contributed by atoms with E-state index in [2.05, 4.69) is 0 Å². The summed E-state index contributed by atoms with van der Waals surface area (Å²) in [5.41, 5.74) is 2.88. The summed E-state index contributed by atoms with van der Waals surface area (Å²) in [6.45, 7) is 0. The number of benzene rings is 3. The minimum Gasteiger partial charge on any atom is -0.497 e. The van der Waals surface area contributed by atoms with Crippen LogP contribution in [0.1, 0.15) is 22.7 Å². The van der Waals surface area contributed by atoms with E-state index in [4.69, 9.17) is 14.2 Å². The molecule has 3 aromatic carbocycles. The van der Waals surface area contributed by atoms with Gasteiger partial charge in [0.2, 0.25) is 5.91 Å². The van der Waals surface area contributed by atoms with E-state index in [1.165, 1.54) is 12.1 Å². The molecule has 8 nitrogen and oxygen atoms in total. The fourth-order valence-corrected chi connectivity index (χ4v) is 4.04. The first-order chi connectivity index (χ1) is 15.5. The van der Waals surface area contributed by atoms with Crippen LogP contribution in [-0.2, 0) is 11.2 Å². The second kappa shape index (κ2) is 8.58. The Morgan fingerprint density at radius 1 is 0.938 bits per heavy atom. The Kier molecular flexibility index (Phi) is 5.68. The predicted molar refractivity (Wildman–Crippen MR) is 119 cm³/mol. The molecule has 4 rings (SSSR count). The number of anilines is 1. The van der Waals surface area contributed by atoms with Crippen LogP contribution in [0, 0.1) is 10.1 Å². The molecule has 1 amide bonds. The summed E-state index contributed by atoms with van der Waals surface area (Å²) < 4.78 is 16.2. The maximum absolute atomic E-state index is 13.4. The molecular weight excluding hydrogens is 412 g/mol. The fraction of sp³-hybridized carbons (Fsp3) is 0.208. The lowest BCUT2D eigenvalue weighted by atomic mass is 9.86. The van der Waals surface area contributed by atoms with Gasteiger partial charge in [0.05, 0.1) is 44.4 Å². The number of non-ortho nitro benzene ring substituents is 1. The van der Waals surface area contributed by atoms with Crippen LogP contribution in [0.25, 0.3) is 0 Å². The van der Waals surface area contributed by atoms with Crippen molar-refractivity contribution in [1.29, 1.82) is 0 Å². The zero-order valence-corrected chi connectivity index (χ0v) is 17.9. The summed E-state index contributed by atoms with van der Waals surface area (Å²) in [5, 5.41) is 11.3. The Bertz CT molecular complexity index is 1180. The van der Waals surface area contributed by atoms with Crippen LogP contribution in [0.15, 0.2) is 60.7 Å². The number of carbonyl (C=O) groups excluding carboxylic acids is 1. The normalized spacial score (nSPS) is 15.2. The van der Waals surface area contributed by atoms with Crippen LogP contribution >= 0.6 is 0 Å². The van der Waals surface area contributed by atoms with Crippen molar-refractivity contribution in [2.24, 2.45) is 0 Å². The van der Waals surface area contributed by atoms with E-state index in [-0.39, 0.29) is 18.0 Å². The highest BCUT2D eigenvalue weighted by molar-refractivity contribution is 5.98. The Labute approximate surface area is 185 Å². The molecule has 0 N–H and O–H groups in total. The van der Waals surface area contributed by atoms with E-state index in [0.717, 1.165) is 16.7 Å². The number of amides is 1. The van der Waals surface area contributed by atoms with Gasteiger partial charge in [-0.2, -0.15) is 0 Å². The zero-order valence-electron chi connectivity index (χ0n) is 17.9. The summed E-state index contributed by atoms with van der Waals surface area (Å²) in [6, 6.07) is 16.7.